The monoisotopic (exact) mass is 194 g/mol. The van der Waals surface area contributed by atoms with Crippen molar-refractivity contribution in [3.05, 3.63) is 35.7 Å². The molecule has 1 amide bonds. The molecule has 0 aliphatic carbocycles. The lowest BCUT2D eigenvalue weighted by Gasteiger charge is -2.12. The predicted molar refractivity (Wildman–Crippen MR) is 52.4 cm³/mol. The van der Waals surface area contributed by atoms with Gasteiger partial charge in [0.15, 0.2) is 5.69 Å². The molecule has 0 heterocycles. The maximum atomic E-state index is 10.7. The Kier molecular flexibility index (Phi) is 2.88. The molecule has 3 nitrogen and oxygen atoms in total. The third-order valence-electron chi connectivity index (χ3n) is 1.63. The first-order valence-corrected chi connectivity index (χ1v) is 3.93. The SMILES string of the molecule is [C-]#[N+]c1ccc(N(C)C(=O)Cl)cc1. The molecule has 1 aromatic rings. The highest BCUT2D eigenvalue weighted by atomic mass is 35.5. The number of anilines is 1. The number of hydrogen-bond donors (Lipinski definition) is 0. The van der Waals surface area contributed by atoms with Crippen molar-refractivity contribution in [1.29, 1.82) is 0 Å². The van der Waals surface area contributed by atoms with Crippen LogP contribution in [0.4, 0.5) is 16.2 Å². The molecular weight excluding hydrogens is 188 g/mol. The summed E-state index contributed by atoms with van der Waals surface area (Å²) in [5.41, 5.74) is 1.21. The van der Waals surface area contributed by atoms with Gasteiger partial charge in [0.05, 0.1) is 6.57 Å². The molecule has 13 heavy (non-hydrogen) atoms. The summed E-state index contributed by atoms with van der Waals surface area (Å²) in [6.07, 6.45) is 0. The van der Waals surface area contributed by atoms with E-state index in [1.807, 2.05) is 0 Å². The van der Waals surface area contributed by atoms with Crippen molar-refractivity contribution in [2.24, 2.45) is 0 Å². The molecule has 0 saturated heterocycles. The van der Waals surface area contributed by atoms with E-state index in [0.29, 0.717) is 11.4 Å². The fourth-order valence-corrected chi connectivity index (χ4v) is 0.950. The second-order valence-electron chi connectivity index (χ2n) is 2.44. The first-order valence-electron chi connectivity index (χ1n) is 3.56. The Morgan fingerprint density at radius 2 is 2.00 bits per heavy atom. The Morgan fingerprint density at radius 3 is 2.38 bits per heavy atom. The molecule has 1 rings (SSSR count). The van der Waals surface area contributed by atoms with Crippen molar-refractivity contribution >= 4 is 28.3 Å². The number of benzene rings is 1. The first kappa shape index (κ1) is 9.56. The van der Waals surface area contributed by atoms with E-state index in [-0.39, 0.29) is 0 Å². The first-order chi connectivity index (χ1) is 6.15. The van der Waals surface area contributed by atoms with Gasteiger partial charge in [0, 0.05) is 12.7 Å². The maximum Gasteiger partial charge on any atom is 0.320 e. The topological polar surface area (TPSA) is 24.7 Å². The van der Waals surface area contributed by atoms with Gasteiger partial charge in [-0.1, -0.05) is 12.1 Å². The quantitative estimate of drug-likeness (QED) is 0.383. The lowest BCUT2D eigenvalue weighted by Crippen LogP contribution is -2.19. The number of amides is 1. The normalized spacial score (nSPS) is 9.00. The maximum absolute atomic E-state index is 10.7. The van der Waals surface area contributed by atoms with E-state index in [4.69, 9.17) is 18.2 Å². The van der Waals surface area contributed by atoms with Crippen LogP contribution in [0.5, 0.6) is 0 Å². The molecule has 0 saturated carbocycles. The number of halogens is 1. The summed E-state index contributed by atoms with van der Waals surface area (Å²) >= 11 is 5.26. The Hall–Kier alpha value is -1.53. The fourth-order valence-electron chi connectivity index (χ4n) is 0.852. The van der Waals surface area contributed by atoms with Gasteiger partial charge in [-0.15, -0.1) is 0 Å². The van der Waals surface area contributed by atoms with Crippen LogP contribution in [0.15, 0.2) is 24.3 Å². The average molecular weight is 195 g/mol. The van der Waals surface area contributed by atoms with Crippen molar-refractivity contribution < 1.29 is 4.79 Å². The predicted octanol–water partition coefficient (Wildman–Crippen LogP) is 3.03. The van der Waals surface area contributed by atoms with Crippen LogP contribution in [-0.2, 0) is 0 Å². The van der Waals surface area contributed by atoms with E-state index in [0.717, 1.165) is 0 Å². The highest BCUT2D eigenvalue weighted by molar-refractivity contribution is 6.66. The summed E-state index contributed by atoms with van der Waals surface area (Å²) < 4.78 is 0. The second-order valence-corrected chi connectivity index (χ2v) is 2.76. The summed E-state index contributed by atoms with van der Waals surface area (Å²) in [7, 11) is 1.57. The molecule has 1 aromatic carbocycles. The zero-order valence-corrected chi connectivity index (χ0v) is 7.75. The van der Waals surface area contributed by atoms with E-state index in [2.05, 4.69) is 4.85 Å². The van der Waals surface area contributed by atoms with Crippen molar-refractivity contribution in [3.63, 3.8) is 0 Å². The Bertz CT molecular complexity index is 353. The smallest absolute Gasteiger partial charge is 0.302 e. The third kappa shape index (κ3) is 2.20. The van der Waals surface area contributed by atoms with Crippen molar-refractivity contribution in [2.45, 2.75) is 0 Å². The minimum atomic E-state index is -0.546. The minimum Gasteiger partial charge on any atom is -0.302 e. The van der Waals surface area contributed by atoms with E-state index in [1.165, 1.54) is 4.90 Å². The highest BCUT2D eigenvalue weighted by Crippen LogP contribution is 2.19. The molecule has 0 aliphatic heterocycles. The van der Waals surface area contributed by atoms with Gasteiger partial charge >= 0.3 is 5.37 Å². The second kappa shape index (κ2) is 3.92. The van der Waals surface area contributed by atoms with Crippen LogP contribution < -0.4 is 4.90 Å². The van der Waals surface area contributed by atoms with Crippen LogP contribution >= 0.6 is 11.6 Å². The summed E-state index contributed by atoms with van der Waals surface area (Å²) in [5, 5.41) is -0.546. The van der Waals surface area contributed by atoms with Crippen molar-refractivity contribution in [2.75, 3.05) is 11.9 Å². The molecule has 4 heteroatoms. The Morgan fingerprint density at radius 1 is 1.46 bits per heavy atom. The largest absolute Gasteiger partial charge is 0.320 e. The van der Waals surface area contributed by atoms with Gasteiger partial charge in [-0.05, 0) is 23.7 Å². The van der Waals surface area contributed by atoms with Crippen molar-refractivity contribution in [1.82, 2.24) is 0 Å². The van der Waals surface area contributed by atoms with Crippen LogP contribution in [0.25, 0.3) is 4.85 Å². The lowest BCUT2D eigenvalue weighted by molar-refractivity contribution is 0.265. The Balaban J connectivity index is 2.93. The van der Waals surface area contributed by atoms with Gasteiger partial charge < -0.3 is 4.90 Å². The minimum absolute atomic E-state index is 0.541. The molecule has 0 spiro atoms. The lowest BCUT2D eigenvalue weighted by atomic mass is 10.3. The van der Waals surface area contributed by atoms with Gasteiger partial charge in [0.1, 0.15) is 0 Å². The van der Waals surface area contributed by atoms with E-state index in [1.54, 1.807) is 31.3 Å². The van der Waals surface area contributed by atoms with Gasteiger partial charge in [0.2, 0.25) is 0 Å². The van der Waals surface area contributed by atoms with E-state index in [9.17, 15) is 4.79 Å². The zero-order valence-electron chi connectivity index (χ0n) is 6.99. The summed E-state index contributed by atoms with van der Waals surface area (Å²) in [6, 6.07) is 6.62. The molecule has 0 aromatic heterocycles. The molecule has 0 aliphatic rings. The Labute approximate surface area is 81.4 Å². The van der Waals surface area contributed by atoms with E-state index < -0.39 is 5.37 Å². The van der Waals surface area contributed by atoms with Crippen molar-refractivity contribution in [3.8, 4) is 0 Å². The standard InChI is InChI=1S/C9H7ClN2O/c1-11-7-3-5-8(6-4-7)12(2)9(10)13/h3-6H,2H3. The van der Waals surface area contributed by atoms with Crippen LogP contribution in [0.2, 0.25) is 0 Å². The number of carbonyl (C=O) groups excluding carboxylic acids is 1. The highest BCUT2D eigenvalue weighted by Gasteiger charge is 2.06. The number of rotatable bonds is 1. The van der Waals surface area contributed by atoms with Gasteiger partial charge in [-0.3, -0.25) is 4.79 Å². The number of carbonyl (C=O) groups is 1. The summed E-state index contributed by atoms with van der Waals surface area (Å²) in [6.45, 7) is 6.72. The van der Waals surface area contributed by atoms with Crippen LogP contribution in [0, 0.1) is 6.57 Å². The van der Waals surface area contributed by atoms with Gasteiger partial charge in [0.25, 0.3) is 0 Å². The van der Waals surface area contributed by atoms with Gasteiger partial charge in [-0.2, -0.15) is 0 Å². The molecule has 66 valence electrons. The van der Waals surface area contributed by atoms with Crippen LogP contribution in [-0.4, -0.2) is 12.4 Å². The summed E-state index contributed by atoms with van der Waals surface area (Å²) in [4.78, 5) is 15.3. The molecule has 0 atom stereocenters. The molecule has 0 N–H and O–H groups in total. The van der Waals surface area contributed by atoms with Gasteiger partial charge in [-0.25, -0.2) is 4.85 Å². The number of hydrogen-bond acceptors (Lipinski definition) is 1. The van der Waals surface area contributed by atoms with Crippen LogP contribution in [0.3, 0.4) is 0 Å². The number of nitrogens with zero attached hydrogens (tertiary/aromatic N) is 2. The average Bonchev–Trinajstić information content (AvgIpc) is 2.17. The molecule has 0 bridgehead atoms. The molecule has 0 fully saturated rings. The fraction of sp³-hybridized carbons (Fsp3) is 0.111. The molecular formula is C9H7ClN2O. The zero-order chi connectivity index (χ0) is 9.84. The third-order valence-corrected chi connectivity index (χ3v) is 1.88. The van der Waals surface area contributed by atoms with Crippen LogP contribution in [0.1, 0.15) is 0 Å². The summed E-state index contributed by atoms with van der Waals surface area (Å²) in [5.74, 6) is 0. The molecule has 0 unspecified atom stereocenters. The molecule has 0 radical (unpaired) electrons. The van der Waals surface area contributed by atoms with E-state index >= 15 is 0 Å².